The molecule has 0 bridgehead atoms. The summed E-state index contributed by atoms with van der Waals surface area (Å²) in [6.45, 7) is 0. The molecule has 4 aromatic rings. The van der Waals surface area contributed by atoms with Gasteiger partial charge in [0.1, 0.15) is 6.33 Å². The predicted octanol–water partition coefficient (Wildman–Crippen LogP) is 3.93. The fourth-order valence-corrected chi connectivity index (χ4v) is 3.03. The average Bonchev–Trinajstić information content (AvgIpc) is 2.79. The molecule has 4 rings (SSSR count). The van der Waals surface area contributed by atoms with Crippen LogP contribution in [0.5, 0.6) is 17.2 Å². The molecule has 0 saturated carbocycles. The van der Waals surface area contributed by atoms with Crippen LogP contribution in [0.3, 0.4) is 0 Å². The second-order valence-electron chi connectivity index (χ2n) is 6.17. The standard InChI is InChI=1S/C21H20N6O3/c1-28-17-10-13(11-18(29-2)19(17)30-3)25-20-23-12-24-21(27-20)26-16-8-4-7-15-14(16)6-5-9-22-15/h4-12H,1-3H3,(H2,23,24,25,26,27). The van der Waals surface area contributed by atoms with Crippen LogP contribution in [0.2, 0.25) is 0 Å². The number of anilines is 4. The zero-order valence-corrected chi connectivity index (χ0v) is 16.7. The molecule has 2 aromatic heterocycles. The first-order chi connectivity index (χ1) is 14.7. The fourth-order valence-electron chi connectivity index (χ4n) is 3.03. The van der Waals surface area contributed by atoms with Gasteiger partial charge in [-0.15, -0.1) is 0 Å². The Bertz CT molecular complexity index is 1150. The molecule has 0 spiro atoms. The third kappa shape index (κ3) is 3.86. The van der Waals surface area contributed by atoms with Crippen molar-refractivity contribution in [2.24, 2.45) is 0 Å². The van der Waals surface area contributed by atoms with Crippen LogP contribution in [0.1, 0.15) is 0 Å². The maximum absolute atomic E-state index is 5.38. The first-order valence-electron chi connectivity index (χ1n) is 9.08. The van der Waals surface area contributed by atoms with Crippen LogP contribution in [0.15, 0.2) is 55.0 Å². The summed E-state index contributed by atoms with van der Waals surface area (Å²) in [5, 5.41) is 7.33. The molecular weight excluding hydrogens is 384 g/mol. The normalized spacial score (nSPS) is 10.5. The zero-order chi connectivity index (χ0) is 20.9. The highest BCUT2D eigenvalue weighted by molar-refractivity contribution is 5.92. The fraction of sp³-hybridized carbons (Fsp3) is 0.143. The molecule has 2 heterocycles. The molecule has 0 saturated heterocycles. The maximum atomic E-state index is 5.38. The summed E-state index contributed by atoms with van der Waals surface area (Å²) in [5.41, 5.74) is 2.41. The van der Waals surface area contributed by atoms with Crippen molar-refractivity contribution in [2.45, 2.75) is 0 Å². The lowest BCUT2D eigenvalue weighted by molar-refractivity contribution is 0.324. The van der Waals surface area contributed by atoms with Crippen molar-refractivity contribution in [3.63, 3.8) is 0 Å². The first kappa shape index (κ1) is 19.2. The Morgan fingerprint density at radius 3 is 2.20 bits per heavy atom. The molecule has 2 N–H and O–H groups in total. The number of hydrogen-bond donors (Lipinski definition) is 2. The number of nitrogens with one attached hydrogen (secondary N) is 2. The topological polar surface area (TPSA) is 103 Å². The van der Waals surface area contributed by atoms with E-state index in [-0.39, 0.29) is 0 Å². The van der Waals surface area contributed by atoms with E-state index in [1.807, 2.05) is 30.3 Å². The van der Waals surface area contributed by atoms with Crippen LogP contribution in [0.25, 0.3) is 10.9 Å². The minimum Gasteiger partial charge on any atom is -0.493 e. The van der Waals surface area contributed by atoms with E-state index in [1.165, 1.54) is 6.33 Å². The van der Waals surface area contributed by atoms with Crippen molar-refractivity contribution in [1.29, 1.82) is 0 Å². The number of hydrogen-bond acceptors (Lipinski definition) is 9. The van der Waals surface area contributed by atoms with Crippen LogP contribution >= 0.6 is 0 Å². The lowest BCUT2D eigenvalue weighted by Gasteiger charge is -2.14. The van der Waals surface area contributed by atoms with Gasteiger partial charge in [-0.3, -0.25) is 4.98 Å². The van der Waals surface area contributed by atoms with Gasteiger partial charge in [0.25, 0.3) is 0 Å². The van der Waals surface area contributed by atoms with E-state index in [0.717, 1.165) is 16.6 Å². The summed E-state index contributed by atoms with van der Waals surface area (Å²) >= 11 is 0. The summed E-state index contributed by atoms with van der Waals surface area (Å²) < 4.78 is 16.1. The average molecular weight is 404 g/mol. The highest BCUT2D eigenvalue weighted by Gasteiger charge is 2.14. The van der Waals surface area contributed by atoms with Crippen molar-refractivity contribution in [1.82, 2.24) is 19.9 Å². The van der Waals surface area contributed by atoms with E-state index in [2.05, 4.69) is 30.6 Å². The van der Waals surface area contributed by atoms with Crippen LogP contribution in [-0.2, 0) is 0 Å². The van der Waals surface area contributed by atoms with E-state index in [1.54, 1.807) is 39.7 Å². The molecule has 0 radical (unpaired) electrons. The smallest absolute Gasteiger partial charge is 0.232 e. The van der Waals surface area contributed by atoms with Crippen LogP contribution in [0.4, 0.5) is 23.3 Å². The predicted molar refractivity (Wildman–Crippen MR) is 114 cm³/mol. The highest BCUT2D eigenvalue weighted by atomic mass is 16.5. The number of methoxy groups -OCH3 is 3. The van der Waals surface area contributed by atoms with Gasteiger partial charge in [-0.05, 0) is 24.3 Å². The number of pyridine rings is 1. The molecule has 2 aromatic carbocycles. The maximum Gasteiger partial charge on any atom is 0.232 e. The largest absolute Gasteiger partial charge is 0.493 e. The van der Waals surface area contributed by atoms with Gasteiger partial charge < -0.3 is 24.8 Å². The molecule has 0 aliphatic rings. The summed E-state index contributed by atoms with van der Waals surface area (Å²) in [5.74, 6) is 2.31. The molecule has 0 amide bonds. The van der Waals surface area contributed by atoms with Crippen LogP contribution < -0.4 is 24.8 Å². The minimum absolute atomic E-state index is 0.361. The third-order valence-electron chi connectivity index (χ3n) is 4.38. The van der Waals surface area contributed by atoms with Gasteiger partial charge in [-0.25, -0.2) is 9.97 Å². The van der Waals surface area contributed by atoms with E-state index >= 15 is 0 Å². The number of benzene rings is 2. The van der Waals surface area contributed by atoms with Crippen molar-refractivity contribution in [2.75, 3.05) is 32.0 Å². The van der Waals surface area contributed by atoms with Gasteiger partial charge in [0.15, 0.2) is 11.5 Å². The lowest BCUT2D eigenvalue weighted by Crippen LogP contribution is -2.04. The third-order valence-corrected chi connectivity index (χ3v) is 4.38. The number of ether oxygens (including phenoxy) is 3. The molecule has 0 aliphatic heterocycles. The van der Waals surface area contributed by atoms with Crippen molar-refractivity contribution in [3.8, 4) is 17.2 Å². The van der Waals surface area contributed by atoms with Crippen LogP contribution in [-0.4, -0.2) is 41.3 Å². The second kappa shape index (κ2) is 8.48. The Morgan fingerprint density at radius 1 is 0.767 bits per heavy atom. The van der Waals surface area contributed by atoms with E-state index in [4.69, 9.17) is 14.2 Å². The van der Waals surface area contributed by atoms with Gasteiger partial charge in [0.2, 0.25) is 17.6 Å². The lowest BCUT2D eigenvalue weighted by atomic mass is 10.2. The molecule has 30 heavy (non-hydrogen) atoms. The number of nitrogens with zero attached hydrogens (tertiary/aromatic N) is 4. The number of rotatable bonds is 7. The van der Waals surface area contributed by atoms with Gasteiger partial charge in [-0.1, -0.05) is 6.07 Å². The van der Waals surface area contributed by atoms with Gasteiger partial charge in [-0.2, -0.15) is 4.98 Å². The summed E-state index contributed by atoms with van der Waals surface area (Å²) in [4.78, 5) is 17.2. The highest BCUT2D eigenvalue weighted by Crippen LogP contribution is 2.40. The Labute approximate surface area is 173 Å². The summed E-state index contributed by atoms with van der Waals surface area (Å²) in [7, 11) is 4.68. The number of fused-ring (bicyclic) bond motifs is 1. The Morgan fingerprint density at radius 2 is 1.50 bits per heavy atom. The summed E-state index contributed by atoms with van der Waals surface area (Å²) in [6.07, 6.45) is 3.19. The number of aromatic nitrogens is 4. The van der Waals surface area contributed by atoms with E-state index in [0.29, 0.717) is 34.8 Å². The quantitative estimate of drug-likeness (QED) is 0.474. The van der Waals surface area contributed by atoms with Crippen molar-refractivity contribution < 1.29 is 14.2 Å². The Kier molecular flexibility index (Phi) is 5.42. The molecule has 9 heteroatoms. The van der Waals surface area contributed by atoms with Gasteiger partial charge in [0, 0.05) is 29.4 Å². The Hall–Kier alpha value is -4.14. The van der Waals surface area contributed by atoms with E-state index < -0.39 is 0 Å². The second-order valence-corrected chi connectivity index (χ2v) is 6.17. The molecule has 0 fully saturated rings. The molecule has 0 atom stereocenters. The molecule has 9 nitrogen and oxygen atoms in total. The van der Waals surface area contributed by atoms with Crippen LogP contribution in [0, 0.1) is 0 Å². The SMILES string of the molecule is COc1cc(Nc2ncnc(Nc3cccc4ncccc34)n2)cc(OC)c1OC. The first-order valence-corrected chi connectivity index (χ1v) is 9.08. The minimum atomic E-state index is 0.361. The molecule has 152 valence electrons. The Balaban J connectivity index is 1.61. The van der Waals surface area contributed by atoms with Crippen molar-refractivity contribution >= 4 is 34.2 Å². The monoisotopic (exact) mass is 404 g/mol. The van der Waals surface area contributed by atoms with E-state index in [9.17, 15) is 0 Å². The van der Waals surface area contributed by atoms with Gasteiger partial charge in [0.05, 0.1) is 32.5 Å². The molecular formula is C21H20N6O3. The van der Waals surface area contributed by atoms with Crippen molar-refractivity contribution in [3.05, 3.63) is 55.0 Å². The summed E-state index contributed by atoms with van der Waals surface area (Å²) in [6, 6.07) is 13.2. The molecule has 0 unspecified atom stereocenters. The molecule has 0 aliphatic carbocycles. The van der Waals surface area contributed by atoms with Gasteiger partial charge >= 0.3 is 0 Å². The zero-order valence-electron chi connectivity index (χ0n) is 16.7.